The topological polar surface area (TPSA) is 74.4 Å². The first kappa shape index (κ1) is 12.9. The van der Waals surface area contributed by atoms with E-state index < -0.39 is 5.91 Å². The maximum atomic E-state index is 11.5. The number of carbonyl (C=O) groups is 1. The molecule has 98 valence electrons. The number of aromatic nitrogens is 1. The van der Waals surface area contributed by atoms with Crippen molar-refractivity contribution in [2.45, 2.75) is 6.92 Å². The second-order valence-electron chi connectivity index (χ2n) is 3.70. The number of rotatable bonds is 5. The molecule has 0 aliphatic carbocycles. The van der Waals surface area contributed by atoms with Crippen molar-refractivity contribution in [2.24, 2.45) is 5.73 Å². The van der Waals surface area contributed by atoms with E-state index in [0.717, 1.165) is 0 Å². The summed E-state index contributed by atoms with van der Waals surface area (Å²) in [4.78, 5) is 15.6. The zero-order valence-electron chi connectivity index (χ0n) is 10.5. The molecule has 5 nitrogen and oxygen atoms in total. The Bertz CT molecular complexity index is 570. The average Bonchev–Trinajstić information content (AvgIpc) is 2.40. The molecule has 1 amide bonds. The zero-order chi connectivity index (χ0) is 13.7. The molecule has 0 saturated carbocycles. The molecule has 19 heavy (non-hydrogen) atoms. The summed E-state index contributed by atoms with van der Waals surface area (Å²) in [7, 11) is 0. The smallest absolute Gasteiger partial charge is 0.258 e. The number of primary amides is 1. The molecule has 0 aliphatic rings. The third-order valence-electron chi connectivity index (χ3n) is 2.38. The van der Waals surface area contributed by atoms with Crippen molar-refractivity contribution in [1.29, 1.82) is 0 Å². The van der Waals surface area contributed by atoms with E-state index in [1.165, 1.54) is 6.20 Å². The standard InChI is InChI=1S/C14H14N2O3/c1-2-18-11-8-9-16-14(12(11)13(15)17)19-10-6-4-3-5-7-10/h3-9H,2H2,1H3,(H2,15,17). The average molecular weight is 258 g/mol. The molecule has 0 aliphatic heterocycles. The minimum absolute atomic E-state index is 0.143. The molecular formula is C14H14N2O3. The molecule has 1 aromatic carbocycles. The highest BCUT2D eigenvalue weighted by atomic mass is 16.5. The van der Waals surface area contributed by atoms with E-state index in [1.54, 1.807) is 18.2 Å². The molecule has 0 unspecified atom stereocenters. The van der Waals surface area contributed by atoms with Crippen LogP contribution in [0.15, 0.2) is 42.6 Å². The Morgan fingerprint density at radius 2 is 2.00 bits per heavy atom. The SMILES string of the molecule is CCOc1ccnc(Oc2ccccc2)c1C(N)=O. The van der Waals surface area contributed by atoms with Gasteiger partial charge >= 0.3 is 0 Å². The van der Waals surface area contributed by atoms with Gasteiger partial charge in [0.05, 0.1) is 6.61 Å². The molecule has 0 atom stereocenters. The van der Waals surface area contributed by atoms with Gasteiger partial charge in [0.1, 0.15) is 17.1 Å². The highest BCUT2D eigenvalue weighted by Crippen LogP contribution is 2.29. The van der Waals surface area contributed by atoms with E-state index in [1.807, 2.05) is 25.1 Å². The molecule has 0 spiro atoms. The van der Waals surface area contributed by atoms with Crippen molar-refractivity contribution in [2.75, 3.05) is 6.61 Å². The molecule has 2 aromatic rings. The molecule has 2 N–H and O–H groups in total. The van der Waals surface area contributed by atoms with Gasteiger partial charge in [0.15, 0.2) is 0 Å². The maximum Gasteiger partial charge on any atom is 0.258 e. The molecule has 0 bridgehead atoms. The minimum Gasteiger partial charge on any atom is -0.493 e. The first-order valence-electron chi connectivity index (χ1n) is 5.87. The van der Waals surface area contributed by atoms with Gasteiger partial charge in [-0.1, -0.05) is 18.2 Å². The highest BCUT2D eigenvalue weighted by molar-refractivity contribution is 5.98. The van der Waals surface area contributed by atoms with E-state index in [9.17, 15) is 4.79 Å². The lowest BCUT2D eigenvalue weighted by Gasteiger charge is -2.12. The van der Waals surface area contributed by atoms with Crippen LogP contribution in [0.5, 0.6) is 17.4 Å². The fourth-order valence-electron chi connectivity index (χ4n) is 1.61. The largest absolute Gasteiger partial charge is 0.493 e. The van der Waals surface area contributed by atoms with Crippen LogP contribution >= 0.6 is 0 Å². The molecule has 0 saturated heterocycles. The van der Waals surface area contributed by atoms with Crippen LogP contribution in [0.3, 0.4) is 0 Å². The van der Waals surface area contributed by atoms with Crippen LogP contribution in [-0.4, -0.2) is 17.5 Å². The summed E-state index contributed by atoms with van der Waals surface area (Å²) >= 11 is 0. The van der Waals surface area contributed by atoms with Crippen molar-refractivity contribution in [3.63, 3.8) is 0 Å². The summed E-state index contributed by atoms with van der Waals surface area (Å²) in [6.45, 7) is 2.25. The summed E-state index contributed by atoms with van der Waals surface area (Å²) in [5.74, 6) is 0.453. The van der Waals surface area contributed by atoms with Crippen molar-refractivity contribution >= 4 is 5.91 Å². The Labute approximate surface area is 111 Å². The summed E-state index contributed by atoms with van der Waals surface area (Å²) in [6.07, 6.45) is 1.51. The summed E-state index contributed by atoms with van der Waals surface area (Å²) in [6, 6.07) is 10.6. The maximum absolute atomic E-state index is 11.5. The van der Waals surface area contributed by atoms with Crippen molar-refractivity contribution in [3.8, 4) is 17.4 Å². The van der Waals surface area contributed by atoms with Crippen LogP contribution in [0, 0.1) is 0 Å². The predicted molar refractivity (Wildman–Crippen MR) is 70.4 cm³/mol. The fourth-order valence-corrected chi connectivity index (χ4v) is 1.61. The van der Waals surface area contributed by atoms with Gasteiger partial charge in [0.2, 0.25) is 5.88 Å². The summed E-state index contributed by atoms with van der Waals surface area (Å²) in [5.41, 5.74) is 5.51. The normalized spacial score (nSPS) is 9.95. The summed E-state index contributed by atoms with van der Waals surface area (Å²) in [5, 5.41) is 0. The Hall–Kier alpha value is -2.56. The first-order valence-corrected chi connectivity index (χ1v) is 5.87. The number of carbonyl (C=O) groups excluding carboxylic acids is 1. The lowest BCUT2D eigenvalue weighted by molar-refractivity contribution is 0.0993. The van der Waals surface area contributed by atoms with Gasteiger partial charge in [0, 0.05) is 6.20 Å². The van der Waals surface area contributed by atoms with Gasteiger partial charge in [-0.3, -0.25) is 4.79 Å². The zero-order valence-corrected chi connectivity index (χ0v) is 10.5. The number of para-hydroxylation sites is 1. The number of pyridine rings is 1. The van der Waals surface area contributed by atoms with Gasteiger partial charge in [-0.15, -0.1) is 0 Å². The van der Waals surface area contributed by atoms with Crippen LogP contribution < -0.4 is 15.2 Å². The summed E-state index contributed by atoms with van der Waals surface area (Å²) < 4.78 is 10.9. The number of hydrogen-bond donors (Lipinski definition) is 1. The quantitative estimate of drug-likeness (QED) is 0.893. The number of nitrogens with zero attached hydrogens (tertiary/aromatic N) is 1. The Kier molecular flexibility index (Phi) is 3.97. The number of benzene rings is 1. The van der Waals surface area contributed by atoms with Crippen LogP contribution in [0.1, 0.15) is 17.3 Å². The van der Waals surface area contributed by atoms with Gasteiger partial charge < -0.3 is 15.2 Å². The molecule has 2 rings (SSSR count). The van der Waals surface area contributed by atoms with E-state index in [0.29, 0.717) is 18.1 Å². The predicted octanol–water partition coefficient (Wildman–Crippen LogP) is 2.37. The molecular weight excluding hydrogens is 244 g/mol. The Morgan fingerprint density at radius 1 is 1.26 bits per heavy atom. The van der Waals surface area contributed by atoms with E-state index in [4.69, 9.17) is 15.2 Å². The van der Waals surface area contributed by atoms with Crippen LogP contribution in [0.2, 0.25) is 0 Å². The fraction of sp³-hybridized carbons (Fsp3) is 0.143. The monoisotopic (exact) mass is 258 g/mol. The van der Waals surface area contributed by atoms with Crippen molar-refractivity contribution in [1.82, 2.24) is 4.98 Å². The van der Waals surface area contributed by atoms with Gasteiger partial charge in [-0.05, 0) is 25.1 Å². The Morgan fingerprint density at radius 3 is 2.63 bits per heavy atom. The first-order chi connectivity index (χ1) is 9.22. The molecule has 5 heteroatoms. The third-order valence-corrected chi connectivity index (χ3v) is 2.38. The number of hydrogen-bond acceptors (Lipinski definition) is 4. The number of ether oxygens (including phenoxy) is 2. The van der Waals surface area contributed by atoms with Crippen LogP contribution in [0.25, 0.3) is 0 Å². The van der Waals surface area contributed by atoms with E-state index in [2.05, 4.69) is 4.98 Å². The third kappa shape index (κ3) is 3.01. The van der Waals surface area contributed by atoms with Crippen LogP contribution in [0.4, 0.5) is 0 Å². The van der Waals surface area contributed by atoms with Crippen LogP contribution in [-0.2, 0) is 0 Å². The molecule has 0 fully saturated rings. The van der Waals surface area contributed by atoms with E-state index in [-0.39, 0.29) is 11.4 Å². The van der Waals surface area contributed by atoms with Crippen molar-refractivity contribution < 1.29 is 14.3 Å². The molecule has 1 heterocycles. The van der Waals surface area contributed by atoms with Crippen molar-refractivity contribution in [3.05, 3.63) is 48.2 Å². The van der Waals surface area contributed by atoms with E-state index >= 15 is 0 Å². The lowest BCUT2D eigenvalue weighted by atomic mass is 10.2. The van der Waals surface area contributed by atoms with Gasteiger partial charge in [-0.2, -0.15) is 0 Å². The second-order valence-corrected chi connectivity index (χ2v) is 3.70. The number of amides is 1. The minimum atomic E-state index is -0.637. The lowest BCUT2D eigenvalue weighted by Crippen LogP contribution is -2.15. The number of nitrogens with two attached hydrogens (primary N) is 1. The molecule has 1 aromatic heterocycles. The van der Waals surface area contributed by atoms with Gasteiger partial charge in [-0.25, -0.2) is 4.98 Å². The van der Waals surface area contributed by atoms with Gasteiger partial charge in [0.25, 0.3) is 5.91 Å². The molecule has 0 radical (unpaired) electrons. The second kappa shape index (κ2) is 5.86. The Balaban J connectivity index is 2.39. The highest BCUT2D eigenvalue weighted by Gasteiger charge is 2.18.